The van der Waals surface area contributed by atoms with E-state index in [0.717, 1.165) is 28.0 Å². The van der Waals surface area contributed by atoms with Crippen LogP contribution in [-0.4, -0.2) is 47.6 Å². The van der Waals surface area contributed by atoms with Crippen LogP contribution in [0, 0.1) is 0 Å². The Balaban J connectivity index is 1.62. The largest absolute Gasteiger partial charge is 0.454 e. The Bertz CT molecular complexity index is 1000. The molecule has 2 aromatic heterocycles. The maximum absolute atomic E-state index is 11.9. The molecule has 0 spiro atoms. The second-order valence-corrected chi connectivity index (χ2v) is 8.92. The lowest BCUT2D eigenvalue weighted by molar-refractivity contribution is 0.227. The molecule has 26 heavy (non-hydrogen) atoms. The number of rotatable bonds is 6. The maximum atomic E-state index is 11.9. The predicted molar refractivity (Wildman–Crippen MR) is 101 cm³/mol. The molecule has 1 atom stereocenters. The molecular weight excluding hydrogens is 350 g/mol. The molecule has 1 aliphatic rings. The number of para-hydroxylation sites is 1. The zero-order valence-corrected chi connectivity index (χ0v) is 15.2. The average molecular weight is 371 g/mol. The second-order valence-electron chi connectivity index (χ2n) is 6.69. The van der Waals surface area contributed by atoms with Crippen LogP contribution in [0.25, 0.3) is 22.4 Å². The van der Waals surface area contributed by atoms with E-state index in [2.05, 4.69) is 21.7 Å². The molecule has 0 aliphatic carbocycles. The first-order valence-electron chi connectivity index (χ1n) is 8.62. The Kier molecular flexibility index (Phi) is 4.42. The van der Waals surface area contributed by atoms with Crippen molar-refractivity contribution in [3.8, 4) is 11.5 Å². The van der Waals surface area contributed by atoms with E-state index >= 15 is 0 Å². The molecule has 0 amide bonds. The van der Waals surface area contributed by atoms with Gasteiger partial charge in [0, 0.05) is 30.1 Å². The number of benzene rings is 1. The van der Waals surface area contributed by atoms with E-state index in [1.165, 1.54) is 0 Å². The number of nitrogens with one attached hydrogen (secondary N) is 1. The minimum Gasteiger partial charge on any atom is -0.454 e. The van der Waals surface area contributed by atoms with Crippen molar-refractivity contribution >= 4 is 20.8 Å². The Hall–Kier alpha value is -2.38. The normalized spacial score (nSPS) is 19.3. The third kappa shape index (κ3) is 3.32. The SMILES string of the molecule is C=CCN(Cc1cn[nH]c1-c1cc2ccccc2o1)[C@@H]1CCS(=O)(=O)C1. The van der Waals surface area contributed by atoms with E-state index < -0.39 is 9.84 Å². The van der Waals surface area contributed by atoms with Gasteiger partial charge in [-0.3, -0.25) is 10.00 Å². The summed E-state index contributed by atoms with van der Waals surface area (Å²) < 4.78 is 29.7. The highest BCUT2D eigenvalue weighted by Gasteiger charge is 2.32. The lowest BCUT2D eigenvalue weighted by Gasteiger charge is -2.26. The van der Waals surface area contributed by atoms with E-state index in [4.69, 9.17) is 4.42 Å². The van der Waals surface area contributed by atoms with Crippen LogP contribution >= 0.6 is 0 Å². The number of hydrogen-bond acceptors (Lipinski definition) is 5. The number of sulfone groups is 1. The van der Waals surface area contributed by atoms with Crippen LogP contribution in [0.4, 0.5) is 0 Å². The summed E-state index contributed by atoms with van der Waals surface area (Å²) in [5.74, 6) is 1.20. The maximum Gasteiger partial charge on any atom is 0.153 e. The molecule has 3 heterocycles. The molecule has 1 fully saturated rings. The van der Waals surface area contributed by atoms with Crippen LogP contribution in [0.5, 0.6) is 0 Å². The van der Waals surface area contributed by atoms with E-state index in [9.17, 15) is 8.42 Å². The molecule has 4 rings (SSSR count). The Labute approximate surface area is 152 Å². The standard InChI is InChI=1S/C19H21N3O3S/c1-2-8-22(16-7-9-26(23,24)13-16)12-15-11-20-21-19(15)18-10-14-5-3-4-6-17(14)25-18/h2-6,10-11,16H,1,7-9,12-13H2,(H,20,21)/t16-/m1/s1. The van der Waals surface area contributed by atoms with E-state index in [1.54, 1.807) is 6.20 Å². The highest BCUT2D eigenvalue weighted by atomic mass is 32.2. The molecule has 3 aromatic rings. The van der Waals surface area contributed by atoms with Crippen molar-refractivity contribution in [3.05, 3.63) is 54.7 Å². The highest BCUT2D eigenvalue weighted by molar-refractivity contribution is 7.91. The van der Waals surface area contributed by atoms with Gasteiger partial charge in [-0.2, -0.15) is 5.10 Å². The van der Waals surface area contributed by atoms with Gasteiger partial charge in [-0.1, -0.05) is 24.3 Å². The number of fused-ring (bicyclic) bond motifs is 1. The van der Waals surface area contributed by atoms with Gasteiger partial charge in [-0.05, 0) is 18.6 Å². The first-order chi connectivity index (χ1) is 12.6. The number of H-pyrrole nitrogens is 1. The second kappa shape index (κ2) is 6.74. The minimum absolute atomic E-state index is 0.0106. The van der Waals surface area contributed by atoms with Crippen molar-refractivity contribution in [1.82, 2.24) is 15.1 Å². The van der Waals surface area contributed by atoms with Gasteiger partial charge in [0.2, 0.25) is 0 Å². The van der Waals surface area contributed by atoms with Crippen molar-refractivity contribution < 1.29 is 12.8 Å². The van der Waals surface area contributed by atoms with Crippen molar-refractivity contribution in [1.29, 1.82) is 0 Å². The van der Waals surface area contributed by atoms with E-state index in [-0.39, 0.29) is 17.5 Å². The Morgan fingerprint density at radius 2 is 2.23 bits per heavy atom. The van der Waals surface area contributed by atoms with Crippen LogP contribution in [0.3, 0.4) is 0 Å². The van der Waals surface area contributed by atoms with Gasteiger partial charge >= 0.3 is 0 Å². The monoisotopic (exact) mass is 371 g/mol. The van der Waals surface area contributed by atoms with Crippen LogP contribution in [0.1, 0.15) is 12.0 Å². The van der Waals surface area contributed by atoms with Gasteiger partial charge in [0.15, 0.2) is 15.6 Å². The molecule has 0 unspecified atom stereocenters. The summed E-state index contributed by atoms with van der Waals surface area (Å²) in [6, 6.07) is 9.85. The summed E-state index contributed by atoms with van der Waals surface area (Å²) >= 11 is 0. The Morgan fingerprint density at radius 1 is 1.38 bits per heavy atom. The lowest BCUT2D eigenvalue weighted by atomic mass is 10.1. The summed E-state index contributed by atoms with van der Waals surface area (Å²) in [6.45, 7) is 5.04. The average Bonchev–Trinajstić information content (AvgIpc) is 3.31. The number of aromatic nitrogens is 2. The van der Waals surface area contributed by atoms with Gasteiger partial charge in [0.05, 0.1) is 17.7 Å². The molecule has 1 aromatic carbocycles. The van der Waals surface area contributed by atoms with Crippen molar-refractivity contribution in [2.24, 2.45) is 0 Å². The van der Waals surface area contributed by atoms with E-state index in [1.807, 2.05) is 36.4 Å². The molecule has 136 valence electrons. The van der Waals surface area contributed by atoms with Gasteiger partial charge in [0.1, 0.15) is 11.3 Å². The Morgan fingerprint density at radius 3 is 2.96 bits per heavy atom. The minimum atomic E-state index is -2.94. The van der Waals surface area contributed by atoms with Crippen molar-refractivity contribution in [2.45, 2.75) is 19.0 Å². The predicted octanol–water partition coefficient (Wildman–Crippen LogP) is 3.00. The summed E-state index contributed by atoms with van der Waals surface area (Å²) in [6.07, 6.45) is 4.25. The van der Waals surface area contributed by atoms with Crippen molar-refractivity contribution in [2.75, 3.05) is 18.1 Å². The zero-order chi connectivity index (χ0) is 18.1. The van der Waals surface area contributed by atoms with Gasteiger partial charge < -0.3 is 4.42 Å². The molecular formula is C19H21N3O3S. The van der Waals surface area contributed by atoms with Crippen LogP contribution in [0.15, 0.2) is 53.6 Å². The molecule has 1 N–H and O–H groups in total. The summed E-state index contributed by atoms with van der Waals surface area (Å²) in [7, 11) is -2.94. The molecule has 0 saturated carbocycles. The van der Waals surface area contributed by atoms with Crippen LogP contribution < -0.4 is 0 Å². The molecule has 1 saturated heterocycles. The topological polar surface area (TPSA) is 79.2 Å². The number of nitrogens with zero attached hydrogens (tertiary/aromatic N) is 2. The summed E-state index contributed by atoms with van der Waals surface area (Å²) in [5, 5.41) is 8.24. The number of hydrogen-bond donors (Lipinski definition) is 1. The third-order valence-electron chi connectivity index (χ3n) is 4.85. The fourth-order valence-electron chi connectivity index (χ4n) is 3.54. The summed E-state index contributed by atoms with van der Waals surface area (Å²) in [5.41, 5.74) is 2.64. The quantitative estimate of drug-likeness (QED) is 0.674. The van der Waals surface area contributed by atoms with Crippen molar-refractivity contribution in [3.63, 3.8) is 0 Å². The van der Waals surface area contributed by atoms with Gasteiger partial charge in [-0.25, -0.2) is 8.42 Å². The smallest absolute Gasteiger partial charge is 0.153 e. The van der Waals surface area contributed by atoms with Gasteiger partial charge in [0.25, 0.3) is 0 Å². The van der Waals surface area contributed by atoms with Gasteiger partial charge in [-0.15, -0.1) is 6.58 Å². The molecule has 0 radical (unpaired) electrons. The lowest BCUT2D eigenvalue weighted by Crippen LogP contribution is -2.35. The molecule has 1 aliphatic heterocycles. The molecule has 6 nitrogen and oxygen atoms in total. The molecule has 7 heteroatoms. The first kappa shape index (κ1) is 17.1. The fourth-order valence-corrected chi connectivity index (χ4v) is 5.30. The van der Waals surface area contributed by atoms with E-state index in [0.29, 0.717) is 19.5 Å². The zero-order valence-electron chi connectivity index (χ0n) is 14.4. The molecule has 0 bridgehead atoms. The van der Waals surface area contributed by atoms with Crippen LogP contribution in [0.2, 0.25) is 0 Å². The summed E-state index contributed by atoms with van der Waals surface area (Å²) in [4.78, 5) is 2.15. The number of aromatic amines is 1. The fraction of sp³-hybridized carbons (Fsp3) is 0.316. The first-order valence-corrected chi connectivity index (χ1v) is 10.4. The number of furan rings is 1. The van der Waals surface area contributed by atoms with Crippen LogP contribution in [-0.2, 0) is 16.4 Å². The third-order valence-corrected chi connectivity index (χ3v) is 6.60. The highest BCUT2D eigenvalue weighted by Crippen LogP contribution is 2.30.